The van der Waals surface area contributed by atoms with Crippen LogP contribution < -0.4 is 10.2 Å². The molecule has 0 aliphatic heterocycles. The van der Waals surface area contributed by atoms with Crippen LogP contribution >= 0.6 is 11.5 Å². The molecular formula is C22H25FN4OS. The van der Waals surface area contributed by atoms with Gasteiger partial charge in [-0.2, -0.15) is 4.37 Å². The lowest BCUT2D eigenvalue weighted by Gasteiger charge is -2.18. The minimum atomic E-state index is -0.260. The van der Waals surface area contributed by atoms with Gasteiger partial charge in [0.2, 0.25) is 11.0 Å². The molecule has 0 saturated heterocycles. The Kier molecular flexibility index (Phi) is 7.30. The van der Waals surface area contributed by atoms with E-state index < -0.39 is 0 Å². The number of rotatable bonds is 9. The Hall–Kier alpha value is -2.80. The molecule has 3 aromatic rings. The summed E-state index contributed by atoms with van der Waals surface area (Å²) in [5.74, 6) is 0.368. The first-order chi connectivity index (χ1) is 14.0. The van der Waals surface area contributed by atoms with Crippen LogP contribution in [-0.2, 0) is 17.6 Å². The highest BCUT2D eigenvalue weighted by atomic mass is 32.1. The van der Waals surface area contributed by atoms with Crippen LogP contribution in [0.4, 0.5) is 9.52 Å². The summed E-state index contributed by atoms with van der Waals surface area (Å²) < 4.78 is 17.4. The number of aromatic nitrogens is 2. The molecule has 29 heavy (non-hydrogen) atoms. The zero-order valence-electron chi connectivity index (χ0n) is 16.6. The highest BCUT2D eigenvalue weighted by molar-refractivity contribution is 7.09. The highest BCUT2D eigenvalue weighted by Crippen LogP contribution is 2.17. The number of benzene rings is 2. The first-order valence-corrected chi connectivity index (χ1v) is 10.4. The Morgan fingerprint density at radius 3 is 2.59 bits per heavy atom. The molecule has 3 rings (SSSR count). The van der Waals surface area contributed by atoms with E-state index in [0.29, 0.717) is 17.4 Å². The summed E-state index contributed by atoms with van der Waals surface area (Å²) in [5, 5.41) is 3.73. The smallest absolute Gasteiger partial charge is 0.239 e. The minimum Gasteiger partial charge on any atom is -0.352 e. The molecule has 1 N–H and O–H groups in total. The normalized spacial score (nSPS) is 11.8. The number of amides is 1. The summed E-state index contributed by atoms with van der Waals surface area (Å²) >= 11 is 1.26. The molecule has 0 radical (unpaired) electrons. The maximum absolute atomic E-state index is 13.0. The fraction of sp³-hybridized carbons (Fsp3) is 0.318. The highest BCUT2D eigenvalue weighted by Gasteiger charge is 2.14. The Labute approximate surface area is 174 Å². The number of hydrogen-bond acceptors (Lipinski definition) is 5. The number of carbonyl (C=O) groups is 1. The van der Waals surface area contributed by atoms with Gasteiger partial charge in [-0.25, -0.2) is 9.37 Å². The summed E-state index contributed by atoms with van der Waals surface area (Å²) in [4.78, 5) is 18.6. The largest absolute Gasteiger partial charge is 0.352 e. The maximum Gasteiger partial charge on any atom is 0.239 e. The Morgan fingerprint density at radius 1 is 1.14 bits per heavy atom. The number of nitrogens with zero attached hydrogens (tertiary/aromatic N) is 3. The van der Waals surface area contributed by atoms with Crippen LogP contribution in [0.5, 0.6) is 0 Å². The van der Waals surface area contributed by atoms with Crippen molar-refractivity contribution in [2.75, 3.05) is 18.5 Å². The zero-order chi connectivity index (χ0) is 20.6. The summed E-state index contributed by atoms with van der Waals surface area (Å²) in [6.45, 7) is 2.24. The number of anilines is 1. The van der Waals surface area contributed by atoms with Crippen molar-refractivity contribution in [3.8, 4) is 0 Å². The second kappa shape index (κ2) is 10.1. The van der Waals surface area contributed by atoms with Crippen LogP contribution in [0, 0.1) is 5.82 Å². The van der Waals surface area contributed by atoms with Gasteiger partial charge in [0.15, 0.2) is 0 Å². The van der Waals surface area contributed by atoms with Gasteiger partial charge < -0.3 is 10.2 Å². The monoisotopic (exact) mass is 412 g/mol. The molecular weight excluding hydrogens is 387 g/mol. The van der Waals surface area contributed by atoms with Crippen molar-refractivity contribution in [2.24, 2.45) is 0 Å². The van der Waals surface area contributed by atoms with Gasteiger partial charge in [-0.1, -0.05) is 42.5 Å². The molecule has 2 aromatic carbocycles. The Bertz CT molecular complexity index is 914. The number of aryl methyl sites for hydroxylation is 1. The Balaban J connectivity index is 1.45. The summed E-state index contributed by atoms with van der Waals surface area (Å²) in [5.41, 5.74) is 2.22. The SMILES string of the molecule is C[C@H](CCc1ccccc1)NC(=O)CN(C)c1nc(Cc2ccc(F)cc2)ns1. The second-order valence-corrected chi connectivity index (χ2v) is 7.88. The second-order valence-electron chi connectivity index (χ2n) is 7.15. The van der Waals surface area contributed by atoms with Gasteiger partial charge >= 0.3 is 0 Å². The minimum absolute atomic E-state index is 0.0386. The van der Waals surface area contributed by atoms with Gasteiger partial charge in [-0.15, -0.1) is 0 Å². The number of likely N-dealkylation sites (N-methyl/N-ethyl adjacent to an activating group) is 1. The molecule has 1 aromatic heterocycles. The quantitative estimate of drug-likeness (QED) is 0.580. The lowest BCUT2D eigenvalue weighted by Crippen LogP contribution is -2.40. The zero-order valence-corrected chi connectivity index (χ0v) is 17.5. The van der Waals surface area contributed by atoms with Gasteiger partial charge in [0.1, 0.15) is 11.6 Å². The first-order valence-electron chi connectivity index (χ1n) is 9.61. The van der Waals surface area contributed by atoms with Gasteiger partial charge in [-0.3, -0.25) is 4.79 Å². The molecule has 7 heteroatoms. The molecule has 1 heterocycles. The third kappa shape index (κ3) is 6.64. The predicted octanol–water partition coefficient (Wildman–Crippen LogP) is 3.84. The fourth-order valence-electron chi connectivity index (χ4n) is 2.96. The van der Waals surface area contributed by atoms with Crippen LogP contribution in [0.25, 0.3) is 0 Å². The summed E-state index contributed by atoms with van der Waals surface area (Å²) in [7, 11) is 1.83. The van der Waals surface area contributed by atoms with E-state index in [0.717, 1.165) is 18.4 Å². The van der Waals surface area contributed by atoms with E-state index in [4.69, 9.17) is 0 Å². The van der Waals surface area contributed by atoms with Crippen LogP contribution in [0.15, 0.2) is 54.6 Å². The van der Waals surface area contributed by atoms with Crippen LogP contribution in [0.3, 0.4) is 0 Å². The average molecular weight is 413 g/mol. The molecule has 5 nitrogen and oxygen atoms in total. The molecule has 0 spiro atoms. The van der Waals surface area contributed by atoms with E-state index >= 15 is 0 Å². The van der Waals surface area contributed by atoms with Crippen molar-refractivity contribution in [1.29, 1.82) is 0 Å². The van der Waals surface area contributed by atoms with Crippen molar-refractivity contribution in [1.82, 2.24) is 14.7 Å². The Morgan fingerprint density at radius 2 is 1.86 bits per heavy atom. The van der Waals surface area contributed by atoms with E-state index in [1.807, 2.05) is 32.2 Å². The van der Waals surface area contributed by atoms with Crippen molar-refractivity contribution < 1.29 is 9.18 Å². The standard InChI is InChI=1S/C22H25FN4OS/c1-16(8-9-17-6-4-3-5-7-17)24-21(28)15-27(2)22-25-20(26-29-22)14-18-10-12-19(23)13-11-18/h3-7,10-13,16H,8-9,14-15H2,1-2H3,(H,24,28)/t16-/m1/s1. The summed E-state index contributed by atoms with van der Waals surface area (Å²) in [6, 6.07) is 16.7. The van der Waals surface area contributed by atoms with Gasteiger partial charge in [0.25, 0.3) is 0 Å². The molecule has 0 aliphatic carbocycles. The molecule has 0 aliphatic rings. The lowest BCUT2D eigenvalue weighted by atomic mass is 10.1. The van der Waals surface area contributed by atoms with Crippen LogP contribution in [0.1, 0.15) is 30.3 Å². The number of halogens is 1. The first kappa shape index (κ1) is 20.9. The van der Waals surface area contributed by atoms with E-state index in [1.54, 1.807) is 17.0 Å². The van der Waals surface area contributed by atoms with E-state index in [2.05, 4.69) is 26.8 Å². The van der Waals surface area contributed by atoms with Gasteiger partial charge in [-0.05, 0) is 43.0 Å². The van der Waals surface area contributed by atoms with Crippen LogP contribution in [0.2, 0.25) is 0 Å². The van der Waals surface area contributed by atoms with Crippen molar-refractivity contribution in [3.05, 3.63) is 77.4 Å². The van der Waals surface area contributed by atoms with Crippen molar-refractivity contribution >= 4 is 22.6 Å². The van der Waals surface area contributed by atoms with Crippen molar-refractivity contribution in [3.63, 3.8) is 0 Å². The van der Waals surface area contributed by atoms with Gasteiger partial charge in [0, 0.05) is 31.0 Å². The van der Waals surface area contributed by atoms with Crippen LogP contribution in [-0.4, -0.2) is 34.9 Å². The third-order valence-corrected chi connectivity index (χ3v) is 5.42. The summed E-state index contributed by atoms with van der Waals surface area (Å²) in [6.07, 6.45) is 2.36. The molecule has 0 fully saturated rings. The molecule has 152 valence electrons. The van der Waals surface area contributed by atoms with Gasteiger partial charge in [0.05, 0.1) is 6.54 Å². The molecule has 0 bridgehead atoms. The predicted molar refractivity (Wildman–Crippen MR) is 115 cm³/mol. The molecule has 1 atom stereocenters. The number of hydrogen-bond donors (Lipinski definition) is 1. The fourth-order valence-corrected chi connectivity index (χ4v) is 3.60. The molecule has 0 saturated carbocycles. The molecule has 1 amide bonds. The topological polar surface area (TPSA) is 58.1 Å². The number of nitrogens with one attached hydrogen (secondary N) is 1. The van der Waals surface area contributed by atoms with E-state index in [1.165, 1.54) is 29.2 Å². The third-order valence-electron chi connectivity index (χ3n) is 4.56. The molecule has 0 unspecified atom stereocenters. The maximum atomic E-state index is 13.0. The lowest BCUT2D eigenvalue weighted by molar-refractivity contribution is -0.120. The van der Waals surface area contributed by atoms with Crippen molar-refractivity contribution in [2.45, 2.75) is 32.2 Å². The van der Waals surface area contributed by atoms with E-state index in [-0.39, 0.29) is 24.3 Å². The van der Waals surface area contributed by atoms with E-state index in [9.17, 15) is 9.18 Å². The number of carbonyl (C=O) groups excluding carboxylic acids is 1. The average Bonchev–Trinajstić information content (AvgIpc) is 3.17.